The summed E-state index contributed by atoms with van der Waals surface area (Å²) in [4.78, 5) is 0. The van der Waals surface area contributed by atoms with Crippen molar-refractivity contribution in [2.75, 3.05) is 0 Å². The van der Waals surface area contributed by atoms with Crippen LogP contribution in [0.25, 0.3) is 5.70 Å². The molecule has 0 fully saturated rings. The molecule has 2 aromatic rings. The monoisotopic (exact) mass is 341 g/mol. The molecule has 0 saturated heterocycles. The maximum absolute atomic E-state index is 6.10. The molecule has 0 unspecified atom stereocenters. The molecule has 2 aromatic carbocycles. The Morgan fingerprint density at radius 3 is 1.89 bits per heavy atom. The molecule has 0 spiro atoms. The van der Waals surface area contributed by atoms with Gasteiger partial charge < -0.3 is 0 Å². The number of benzene rings is 2. The van der Waals surface area contributed by atoms with E-state index in [2.05, 4.69) is 3.21 Å². The zero-order valence-corrected chi connectivity index (χ0v) is 12.7. The number of rotatable bonds is 3. The first-order chi connectivity index (χ1) is 8.81. The van der Waals surface area contributed by atoms with Crippen LogP contribution >= 0.6 is 0 Å². The quantitative estimate of drug-likeness (QED) is 0.677. The van der Waals surface area contributed by atoms with E-state index in [1.54, 1.807) is 0 Å². The van der Waals surface area contributed by atoms with Crippen molar-refractivity contribution in [1.82, 2.24) is 0 Å². The van der Waals surface area contributed by atoms with E-state index in [4.69, 9.17) is 5.73 Å². The first-order valence-corrected chi connectivity index (χ1v) is 6.91. The molecule has 0 bridgehead atoms. The van der Waals surface area contributed by atoms with E-state index in [0.717, 1.165) is 45.3 Å². The van der Waals surface area contributed by atoms with Crippen LogP contribution in [-0.4, -0.2) is 28.5 Å². The molecule has 2 nitrogen and oxygen atoms in total. The summed E-state index contributed by atoms with van der Waals surface area (Å²) in [6, 6.07) is 20.0. The predicted molar refractivity (Wildman–Crippen MR) is 77.3 cm³/mol. The minimum atomic E-state index is 0.737. The van der Waals surface area contributed by atoms with E-state index in [-0.39, 0.29) is 0 Å². The minimum absolute atomic E-state index is 0.737. The van der Waals surface area contributed by atoms with Gasteiger partial charge in [-0.1, -0.05) is 0 Å². The normalized spacial score (nSPS) is 12.5. The molecule has 0 saturated carbocycles. The Morgan fingerprint density at radius 2 is 1.39 bits per heavy atom. The molecule has 2 rings (SSSR count). The first-order valence-electron chi connectivity index (χ1n) is 5.63. The standard InChI is InChI=1S/C15H13N2.Sn/c16-14(12-7-3-1-4-8-12)11-15(17)13-9-5-2-6-10-13;/h1-11H,16H2;/q-1;+1/b14-11-;. The predicted octanol–water partition coefficient (Wildman–Crippen LogP) is 2.56. The van der Waals surface area contributed by atoms with E-state index in [9.17, 15) is 0 Å². The Morgan fingerprint density at radius 1 is 0.889 bits per heavy atom. The summed E-state index contributed by atoms with van der Waals surface area (Å²) in [5.74, 6) is 0. The second-order valence-electron chi connectivity index (χ2n) is 3.83. The molecule has 0 aliphatic carbocycles. The Bertz CT molecular complexity index is 560. The van der Waals surface area contributed by atoms with Gasteiger partial charge in [0, 0.05) is 0 Å². The second-order valence-corrected chi connectivity index (χ2v) is 4.47. The van der Waals surface area contributed by atoms with Crippen molar-refractivity contribution < 1.29 is 0 Å². The number of allylic oxidation sites excluding steroid dienone is 1. The summed E-state index contributed by atoms with van der Waals surface area (Å²) in [5, 5.41) is 0. The van der Waals surface area contributed by atoms with Gasteiger partial charge >= 0.3 is 121 Å². The molecule has 2 N–H and O–H groups in total. The fourth-order valence-electron chi connectivity index (χ4n) is 1.65. The summed E-state index contributed by atoms with van der Waals surface area (Å²) in [6.07, 6.45) is 1.93. The third-order valence-corrected chi connectivity index (χ3v) is 3.28. The molecule has 87 valence electrons. The van der Waals surface area contributed by atoms with Gasteiger partial charge in [-0.3, -0.25) is 0 Å². The van der Waals surface area contributed by atoms with Crippen LogP contribution in [0.1, 0.15) is 11.1 Å². The Kier molecular flexibility index (Phi) is 4.58. The number of hydrogen-bond acceptors (Lipinski definition) is 2. The van der Waals surface area contributed by atoms with Gasteiger partial charge in [-0.05, 0) is 0 Å². The van der Waals surface area contributed by atoms with E-state index < -0.39 is 0 Å². The number of nitrogens with two attached hydrogens (primary N) is 1. The third kappa shape index (κ3) is 3.23. The molecule has 0 aliphatic rings. The molecule has 3 radical (unpaired) electrons. The molecule has 18 heavy (non-hydrogen) atoms. The van der Waals surface area contributed by atoms with Gasteiger partial charge in [0.15, 0.2) is 0 Å². The summed E-state index contributed by atoms with van der Waals surface area (Å²) in [5.41, 5.74) is 9.87. The third-order valence-electron chi connectivity index (χ3n) is 2.59. The zero-order chi connectivity index (χ0) is 12.8. The Balaban J connectivity index is 2.32. The fraction of sp³-hybridized carbons (Fsp3) is 0. The molecule has 0 heterocycles. The molecular weight excluding hydrogens is 327 g/mol. The number of hydrogen-bond donors (Lipinski definition) is 1. The van der Waals surface area contributed by atoms with Crippen LogP contribution < -0.4 is 5.73 Å². The Labute approximate surface area is 121 Å². The number of nitrogens with zero attached hydrogens (tertiary/aromatic N) is 1. The summed E-state index contributed by atoms with van der Waals surface area (Å²) in [7, 11) is 0. The van der Waals surface area contributed by atoms with Crippen molar-refractivity contribution in [3.05, 3.63) is 77.9 Å². The van der Waals surface area contributed by atoms with Gasteiger partial charge in [-0.15, -0.1) is 0 Å². The molecule has 3 heteroatoms. The van der Waals surface area contributed by atoms with Crippen LogP contribution in [-0.2, 0) is 0 Å². The van der Waals surface area contributed by atoms with E-state index in [0.29, 0.717) is 0 Å². The van der Waals surface area contributed by atoms with E-state index in [1.165, 1.54) is 0 Å². The maximum atomic E-state index is 6.10. The van der Waals surface area contributed by atoms with Gasteiger partial charge in [-0.2, -0.15) is 0 Å². The van der Waals surface area contributed by atoms with Gasteiger partial charge in [0.05, 0.1) is 0 Å². The SMILES string of the molecule is N/C(=C\C(=[N]/[Sn])c1ccccc1)c1ccccc1. The van der Waals surface area contributed by atoms with Crippen molar-refractivity contribution >= 4 is 34.2 Å². The average molecular weight is 340 g/mol. The van der Waals surface area contributed by atoms with Crippen LogP contribution in [0, 0.1) is 0 Å². The van der Waals surface area contributed by atoms with Crippen LogP contribution in [0.15, 0.2) is 70.0 Å². The van der Waals surface area contributed by atoms with E-state index in [1.807, 2.05) is 66.7 Å². The average Bonchev–Trinajstić information content (AvgIpc) is 2.46. The van der Waals surface area contributed by atoms with Crippen LogP contribution in [0.5, 0.6) is 0 Å². The van der Waals surface area contributed by atoms with Gasteiger partial charge in [-0.25, -0.2) is 0 Å². The topological polar surface area (TPSA) is 38.4 Å². The molecule has 0 atom stereocenters. The van der Waals surface area contributed by atoms with Crippen molar-refractivity contribution in [2.45, 2.75) is 0 Å². The first kappa shape index (κ1) is 12.9. The van der Waals surface area contributed by atoms with Crippen LogP contribution in [0.3, 0.4) is 0 Å². The fourth-order valence-corrected chi connectivity index (χ4v) is 2.20. The molecule has 0 amide bonds. The van der Waals surface area contributed by atoms with Crippen LogP contribution in [0.4, 0.5) is 0 Å². The zero-order valence-electron chi connectivity index (χ0n) is 9.88. The Hall–Kier alpha value is -1.55. The van der Waals surface area contributed by atoms with Crippen molar-refractivity contribution in [1.29, 1.82) is 0 Å². The van der Waals surface area contributed by atoms with Crippen molar-refractivity contribution in [2.24, 2.45) is 8.95 Å². The van der Waals surface area contributed by atoms with Crippen LogP contribution in [0.2, 0.25) is 0 Å². The van der Waals surface area contributed by atoms with Crippen molar-refractivity contribution in [3.63, 3.8) is 0 Å². The van der Waals surface area contributed by atoms with Crippen molar-refractivity contribution in [3.8, 4) is 0 Å². The van der Waals surface area contributed by atoms with E-state index >= 15 is 0 Å². The molecular formula is C15H13N2Sn. The summed E-state index contributed by atoms with van der Waals surface area (Å²) < 4.78 is 4.37. The van der Waals surface area contributed by atoms with Gasteiger partial charge in [0.1, 0.15) is 0 Å². The molecule has 0 aliphatic heterocycles. The summed E-state index contributed by atoms with van der Waals surface area (Å²) >= 11 is 1.12. The summed E-state index contributed by atoms with van der Waals surface area (Å²) in [6.45, 7) is 0. The van der Waals surface area contributed by atoms with Gasteiger partial charge in [0.2, 0.25) is 0 Å². The molecule has 0 aromatic heterocycles. The van der Waals surface area contributed by atoms with Gasteiger partial charge in [0.25, 0.3) is 0 Å². The second kappa shape index (κ2) is 6.40.